The normalized spacial score (nSPS) is 38.0. The smallest absolute Gasteiger partial charge is 0.305 e. The van der Waals surface area contributed by atoms with Gasteiger partial charge >= 0.3 is 17.9 Å². The first-order valence-electron chi connectivity index (χ1n) is 16.7. The van der Waals surface area contributed by atoms with Crippen LogP contribution in [0.1, 0.15) is 92.0 Å². The number of ketones is 1. The van der Waals surface area contributed by atoms with Gasteiger partial charge in [-0.25, -0.2) is 4.68 Å². The SMILES string of the molecule is COC(=O)CC[C@@H](C)C1CCC2C3C([C@H](n4nnc5ccccc54)C(=O)[C@@]21C)[C@@]1(C)CC[C@@H](OC(C)=O)C[C@H]1C[C@H]3OC(C)=O. The van der Waals surface area contributed by atoms with Gasteiger partial charge in [-0.15, -0.1) is 5.10 Å². The van der Waals surface area contributed by atoms with Gasteiger partial charge in [0.1, 0.15) is 23.8 Å². The summed E-state index contributed by atoms with van der Waals surface area (Å²) in [6, 6.07) is 7.15. The second-order valence-electron chi connectivity index (χ2n) is 14.7. The Bertz CT molecular complexity index is 1490. The zero-order valence-corrected chi connectivity index (χ0v) is 27.4. The van der Waals surface area contributed by atoms with E-state index in [-0.39, 0.29) is 76.8 Å². The lowest BCUT2D eigenvalue weighted by Crippen LogP contribution is -2.65. The molecule has 4 unspecified atom stereocenters. The van der Waals surface area contributed by atoms with Crippen LogP contribution in [0.4, 0.5) is 0 Å². The summed E-state index contributed by atoms with van der Waals surface area (Å²) in [5.41, 5.74) is 0.566. The molecule has 0 bridgehead atoms. The van der Waals surface area contributed by atoms with E-state index in [4.69, 9.17) is 14.2 Å². The van der Waals surface area contributed by atoms with Crippen molar-refractivity contribution in [1.29, 1.82) is 0 Å². The second-order valence-corrected chi connectivity index (χ2v) is 14.7. The number of rotatable bonds is 7. The van der Waals surface area contributed by atoms with Crippen molar-refractivity contribution in [2.45, 2.75) is 104 Å². The lowest BCUT2D eigenvalue weighted by molar-refractivity contribution is -0.206. The molecule has 0 aliphatic heterocycles. The van der Waals surface area contributed by atoms with Gasteiger partial charge in [-0.3, -0.25) is 19.2 Å². The number of nitrogens with zero attached hydrogens (tertiary/aromatic N) is 3. The average Bonchev–Trinajstić information content (AvgIpc) is 3.58. The maximum absolute atomic E-state index is 15.4. The number of hydrogen-bond acceptors (Lipinski definition) is 9. The van der Waals surface area contributed by atoms with Crippen LogP contribution in [-0.2, 0) is 33.4 Å². The predicted molar refractivity (Wildman–Crippen MR) is 164 cm³/mol. The van der Waals surface area contributed by atoms with Gasteiger partial charge < -0.3 is 14.2 Å². The predicted octanol–water partition coefficient (Wildman–Crippen LogP) is 5.48. The third-order valence-corrected chi connectivity index (χ3v) is 12.6. The van der Waals surface area contributed by atoms with Crippen molar-refractivity contribution in [3.63, 3.8) is 0 Å². The fourth-order valence-electron chi connectivity index (χ4n) is 10.6. The molecular weight excluding hydrogens is 574 g/mol. The molecule has 4 aliphatic carbocycles. The molecule has 0 amide bonds. The Kier molecular flexibility index (Phi) is 8.31. The molecule has 0 radical (unpaired) electrons. The molecule has 6 rings (SSSR count). The number of carbonyl (C=O) groups is 4. The number of fused-ring (bicyclic) bond motifs is 6. The first-order valence-corrected chi connectivity index (χ1v) is 16.7. The van der Waals surface area contributed by atoms with E-state index in [0.29, 0.717) is 25.7 Å². The third-order valence-electron chi connectivity index (χ3n) is 12.6. The Hall–Kier alpha value is -3.30. The molecule has 0 N–H and O–H groups in total. The van der Waals surface area contributed by atoms with Gasteiger partial charge in [0.05, 0.1) is 12.6 Å². The highest BCUT2D eigenvalue weighted by atomic mass is 16.5. The fourth-order valence-corrected chi connectivity index (χ4v) is 10.6. The number of benzene rings is 1. The summed E-state index contributed by atoms with van der Waals surface area (Å²) in [5, 5.41) is 9.15. The van der Waals surface area contributed by atoms with Crippen LogP contribution in [0, 0.1) is 46.3 Å². The van der Waals surface area contributed by atoms with Crippen LogP contribution in [-0.4, -0.2) is 58.0 Å². The van der Waals surface area contributed by atoms with Gasteiger partial charge in [-0.05, 0) is 86.2 Å². The topological polar surface area (TPSA) is 127 Å². The van der Waals surface area contributed by atoms with E-state index < -0.39 is 11.5 Å². The summed E-state index contributed by atoms with van der Waals surface area (Å²) >= 11 is 0. The molecule has 4 aliphatic rings. The van der Waals surface area contributed by atoms with E-state index in [1.54, 1.807) is 0 Å². The fraction of sp³-hybridized carbons (Fsp3) is 0.714. The highest BCUT2D eigenvalue weighted by molar-refractivity contribution is 5.92. The minimum atomic E-state index is -0.703. The van der Waals surface area contributed by atoms with Crippen molar-refractivity contribution in [3.05, 3.63) is 24.3 Å². The Morgan fingerprint density at radius 2 is 1.78 bits per heavy atom. The van der Waals surface area contributed by atoms with Crippen LogP contribution in [0.25, 0.3) is 11.0 Å². The monoisotopic (exact) mass is 621 g/mol. The van der Waals surface area contributed by atoms with Crippen LogP contribution in [0.2, 0.25) is 0 Å². The van der Waals surface area contributed by atoms with Gasteiger partial charge in [-0.1, -0.05) is 38.1 Å². The lowest BCUT2D eigenvalue weighted by atomic mass is 9.42. The molecule has 10 heteroatoms. The average molecular weight is 622 g/mol. The van der Waals surface area contributed by atoms with E-state index >= 15 is 4.79 Å². The number of esters is 3. The first kappa shape index (κ1) is 31.7. The van der Waals surface area contributed by atoms with Crippen LogP contribution >= 0.6 is 0 Å². The zero-order valence-electron chi connectivity index (χ0n) is 27.4. The Labute approximate surface area is 264 Å². The van der Waals surface area contributed by atoms with Gasteiger partial charge in [0.2, 0.25) is 0 Å². The molecule has 1 aromatic carbocycles. The number of para-hydroxylation sites is 1. The molecule has 0 spiro atoms. The molecule has 10 nitrogen and oxygen atoms in total. The van der Waals surface area contributed by atoms with Crippen LogP contribution < -0.4 is 0 Å². The Balaban J connectivity index is 1.49. The second kappa shape index (κ2) is 11.8. The molecular formula is C35H47N3O7. The molecule has 45 heavy (non-hydrogen) atoms. The molecule has 4 fully saturated rings. The van der Waals surface area contributed by atoms with Crippen LogP contribution in [0.5, 0.6) is 0 Å². The summed E-state index contributed by atoms with van der Waals surface area (Å²) in [6.45, 7) is 9.50. The minimum Gasteiger partial charge on any atom is -0.469 e. The summed E-state index contributed by atoms with van der Waals surface area (Å²) in [7, 11) is 1.41. The number of ether oxygens (including phenoxy) is 3. The van der Waals surface area contributed by atoms with Crippen molar-refractivity contribution >= 4 is 34.7 Å². The van der Waals surface area contributed by atoms with Crippen molar-refractivity contribution in [3.8, 4) is 0 Å². The zero-order chi connectivity index (χ0) is 32.3. The number of aromatic nitrogens is 3. The van der Waals surface area contributed by atoms with Crippen molar-refractivity contribution in [2.75, 3.05) is 7.11 Å². The maximum atomic E-state index is 15.4. The molecule has 1 heterocycles. The largest absolute Gasteiger partial charge is 0.469 e. The van der Waals surface area contributed by atoms with E-state index in [1.807, 2.05) is 28.9 Å². The van der Waals surface area contributed by atoms with Gasteiger partial charge in [-0.2, -0.15) is 0 Å². The Morgan fingerprint density at radius 1 is 1.04 bits per heavy atom. The third kappa shape index (κ3) is 5.16. The molecule has 4 saturated carbocycles. The lowest BCUT2D eigenvalue weighted by Gasteiger charge is -2.64. The molecule has 2 aromatic rings. The van der Waals surface area contributed by atoms with Gasteiger partial charge in [0, 0.05) is 37.5 Å². The summed E-state index contributed by atoms with van der Waals surface area (Å²) in [5.74, 6) is -0.623. The summed E-state index contributed by atoms with van der Waals surface area (Å²) in [4.78, 5) is 52.1. The highest BCUT2D eigenvalue weighted by Gasteiger charge is 2.70. The summed E-state index contributed by atoms with van der Waals surface area (Å²) in [6.07, 6.45) is 4.96. The number of hydrogen-bond donors (Lipinski definition) is 0. The van der Waals surface area contributed by atoms with Crippen molar-refractivity contribution in [2.24, 2.45) is 46.3 Å². The van der Waals surface area contributed by atoms with Gasteiger partial charge in [0.25, 0.3) is 0 Å². The van der Waals surface area contributed by atoms with E-state index in [2.05, 4.69) is 31.1 Å². The molecule has 244 valence electrons. The number of Topliss-reactive ketones (excluding diaryl/α,β-unsaturated/α-hetero) is 1. The molecule has 0 saturated heterocycles. The van der Waals surface area contributed by atoms with E-state index in [1.165, 1.54) is 21.0 Å². The van der Waals surface area contributed by atoms with Crippen LogP contribution in [0.3, 0.4) is 0 Å². The number of methoxy groups -OCH3 is 1. The van der Waals surface area contributed by atoms with Crippen LogP contribution in [0.15, 0.2) is 24.3 Å². The quantitative estimate of drug-likeness (QED) is 0.292. The number of carbonyl (C=O) groups excluding carboxylic acids is 4. The first-order chi connectivity index (χ1) is 21.4. The van der Waals surface area contributed by atoms with E-state index in [0.717, 1.165) is 36.7 Å². The van der Waals surface area contributed by atoms with E-state index in [9.17, 15) is 14.4 Å². The minimum absolute atomic E-state index is 0.0138. The maximum Gasteiger partial charge on any atom is 0.305 e. The van der Waals surface area contributed by atoms with Crippen molar-refractivity contribution in [1.82, 2.24) is 15.0 Å². The standard InChI is InChI=1S/C35H47N3O7/c1-19(11-14-29(41)43-6)24-12-13-25-30-28(45-21(3)40)18-22-17-23(44-20(2)39)15-16-34(22,4)31(30)32(33(42)35(24,25)5)38-27-10-8-7-9-26(27)36-37-38/h7-10,19,22-25,28,30-32H,11-18H2,1-6H3/t19-,22+,23-,24?,25?,28-,30?,31?,32+,34+,35-/m1/s1. The van der Waals surface area contributed by atoms with Gasteiger partial charge in [0.15, 0.2) is 5.78 Å². The van der Waals surface area contributed by atoms with Crippen molar-refractivity contribution < 1.29 is 33.4 Å². The Morgan fingerprint density at radius 3 is 2.49 bits per heavy atom. The highest BCUT2D eigenvalue weighted by Crippen LogP contribution is 2.70. The summed E-state index contributed by atoms with van der Waals surface area (Å²) < 4.78 is 18.7. The molecule has 11 atom stereocenters. The molecule has 1 aromatic heterocycles.